The molecule has 13 heteroatoms. The molecule has 1 atom stereocenters. The molecule has 0 bridgehead atoms. The number of nitrogens with zero attached hydrogens (tertiary/aromatic N) is 3. The monoisotopic (exact) mass is 667 g/mol. The summed E-state index contributed by atoms with van der Waals surface area (Å²) in [5, 5.41) is 11.4. The molecule has 2 aromatic heterocycles. The number of hydrogen-bond donors (Lipinski definition) is 0. The number of thiazole rings is 1. The second-order valence-electron chi connectivity index (χ2n) is 9.49. The molecule has 0 fully saturated rings. The van der Waals surface area contributed by atoms with Crippen LogP contribution in [0.2, 0.25) is 0 Å². The number of halogens is 1. The maximum Gasteiger partial charge on any atom is 0.338 e. The molecule has 2 aromatic carbocycles. The number of fused-ring (bicyclic) bond motifs is 1. The van der Waals surface area contributed by atoms with Gasteiger partial charge in [0, 0.05) is 27.7 Å². The molecular formula is C30H26BrN3O8S. The average Bonchev–Trinajstić information content (AvgIpc) is 3.56. The van der Waals surface area contributed by atoms with E-state index >= 15 is 0 Å². The minimum Gasteiger partial charge on any atom is -0.493 e. The lowest BCUT2D eigenvalue weighted by Crippen LogP contribution is -2.40. The molecule has 0 amide bonds. The summed E-state index contributed by atoms with van der Waals surface area (Å²) in [6, 6.07) is 10.7. The van der Waals surface area contributed by atoms with Crippen LogP contribution in [0.5, 0.6) is 11.5 Å². The Kier molecular flexibility index (Phi) is 8.38. The second kappa shape index (κ2) is 12.0. The molecule has 5 rings (SSSR count). The molecule has 1 aliphatic rings. The van der Waals surface area contributed by atoms with Crippen molar-refractivity contribution in [1.82, 2.24) is 4.57 Å². The van der Waals surface area contributed by atoms with Gasteiger partial charge in [-0.2, -0.15) is 0 Å². The van der Waals surface area contributed by atoms with E-state index in [1.165, 1.54) is 24.9 Å². The Balaban J connectivity index is 1.66. The van der Waals surface area contributed by atoms with Crippen LogP contribution in [0.3, 0.4) is 0 Å². The number of ether oxygens (including phenoxy) is 3. The molecule has 4 aromatic rings. The number of methoxy groups -OCH3 is 2. The van der Waals surface area contributed by atoms with Gasteiger partial charge < -0.3 is 18.6 Å². The van der Waals surface area contributed by atoms with Crippen molar-refractivity contribution < 1.29 is 28.3 Å². The standard InChI is InChI=1S/C30H26BrN3O8S/c1-6-41-29(36)26-16(3)32-30-33(27(26)19-13-23(39-4)24(40-5)14-20(19)31)28(35)25(43-30)12-18-9-10-22(42-18)17-8-7-15(2)21(11-17)34(37)38/h7-14,27H,6H2,1-5H3/b25-12-/t27-/m0/s1. The van der Waals surface area contributed by atoms with Crippen LogP contribution in [0.1, 0.15) is 36.8 Å². The number of benzene rings is 2. The van der Waals surface area contributed by atoms with Gasteiger partial charge in [-0.25, -0.2) is 9.79 Å². The number of hydrogen-bond acceptors (Lipinski definition) is 10. The van der Waals surface area contributed by atoms with Crippen molar-refractivity contribution in [2.24, 2.45) is 4.99 Å². The van der Waals surface area contributed by atoms with Crippen LogP contribution in [-0.4, -0.2) is 36.3 Å². The lowest BCUT2D eigenvalue weighted by molar-refractivity contribution is -0.385. The molecule has 0 aliphatic carbocycles. The maximum absolute atomic E-state index is 14.0. The van der Waals surface area contributed by atoms with E-state index in [1.807, 2.05) is 0 Å². The highest BCUT2D eigenvalue weighted by Gasteiger charge is 2.35. The van der Waals surface area contributed by atoms with Gasteiger partial charge in [-0.1, -0.05) is 39.4 Å². The van der Waals surface area contributed by atoms with E-state index in [2.05, 4.69) is 20.9 Å². The summed E-state index contributed by atoms with van der Waals surface area (Å²) in [4.78, 5) is 43.2. The van der Waals surface area contributed by atoms with Crippen molar-refractivity contribution in [2.75, 3.05) is 20.8 Å². The smallest absolute Gasteiger partial charge is 0.338 e. The van der Waals surface area contributed by atoms with Crippen molar-refractivity contribution in [3.63, 3.8) is 0 Å². The third-order valence-electron chi connectivity index (χ3n) is 6.90. The normalized spacial score (nSPS) is 14.7. The summed E-state index contributed by atoms with van der Waals surface area (Å²) in [5.74, 6) is 1.08. The first kappa shape index (κ1) is 30.0. The van der Waals surface area contributed by atoms with E-state index < -0.39 is 22.5 Å². The lowest BCUT2D eigenvalue weighted by atomic mass is 9.95. The predicted molar refractivity (Wildman–Crippen MR) is 163 cm³/mol. The molecule has 0 unspecified atom stereocenters. The third kappa shape index (κ3) is 5.53. The number of nitro groups is 1. The number of rotatable bonds is 8. The Morgan fingerprint density at radius 1 is 1.16 bits per heavy atom. The van der Waals surface area contributed by atoms with Gasteiger partial charge >= 0.3 is 5.97 Å². The Morgan fingerprint density at radius 3 is 2.56 bits per heavy atom. The Labute approximate surface area is 257 Å². The molecule has 43 heavy (non-hydrogen) atoms. The van der Waals surface area contributed by atoms with Crippen molar-refractivity contribution in [3.8, 4) is 22.8 Å². The zero-order chi connectivity index (χ0) is 31.0. The first-order chi connectivity index (χ1) is 20.6. The minimum absolute atomic E-state index is 0.0159. The van der Waals surface area contributed by atoms with E-state index in [0.717, 1.165) is 11.3 Å². The molecule has 0 saturated carbocycles. The van der Waals surface area contributed by atoms with Crippen LogP contribution in [0, 0.1) is 17.0 Å². The quantitative estimate of drug-likeness (QED) is 0.145. The van der Waals surface area contributed by atoms with Crippen LogP contribution < -0.4 is 24.4 Å². The van der Waals surface area contributed by atoms with E-state index in [1.54, 1.807) is 63.2 Å². The van der Waals surface area contributed by atoms with E-state index in [9.17, 15) is 19.7 Å². The lowest BCUT2D eigenvalue weighted by Gasteiger charge is -2.26. The minimum atomic E-state index is -0.882. The van der Waals surface area contributed by atoms with Gasteiger partial charge in [0.15, 0.2) is 16.3 Å². The van der Waals surface area contributed by atoms with Crippen LogP contribution in [0.4, 0.5) is 5.69 Å². The van der Waals surface area contributed by atoms with Gasteiger partial charge in [0.2, 0.25) is 0 Å². The Hall–Kier alpha value is -4.49. The molecule has 0 saturated heterocycles. The number of allylic oxidation sites excluding steroid dienone is 1. The SMILES string of the molecule is CCOC(=O)C1=C(C)N=c2s/c(=C\c3ccc(-c4ccc(C)c([N+](=O)[O-])c4)o3)c(=O)n2[C@H]1c1cc(OC)c(OC)cc1Br. The highest BCUT2D eigenvalue weighted by atomic mass is 79.9. The van der Waals surface area contributed by atoms with E-state index in [0.29, 0.717) is 59.2 Å². The number of carbonyl (C=O) groups is 1. The van der Waals surface area contributed by atoms with Gasteiger partial charge in [-0.3, -0.25) is 19.5 Å². The number of furan rings is 1. The summed E-state index contributed by atoms with van der Waals surface area (Å²) in [6.45, 7) is 5.21. The Morgan fingerprint density at radius 2 is 1.88 bits per heavy atom. The molecule has 0 radical (unpaired) electrons. The molecule has 11 nitrogen and oxygen atoms in total. The number of nitro benzene ring substituents is 1. The van der Waals surface area contributed by atoms with Crippen molar-refractivity contribution in [2.45, 2.75) is 26.8 Å². The Bertz CT molecular complexity index is 1990. The number of carbonyl (C=O) groups excluding carboxylic acids is 1. The topological polar surface area (TPSA) is 135 Å². The van der Waals surface area contributed by atoms with Crippen LogP contribution >= 0.6 is 27.3 Å². The summed E-state index contributed by atoms with van der Waals surface area (Å²) < 4.78 is 24.6. The molecule has 0 N–H and O–H groups in total. The van der Waals surface area contributed by atoms with Crippen molar-refractivity contribution in [1.29, 1.82) is 0 Å². The van der Waals surface area contributed by atoms with Crippen molar-refractivity contribution >= 4 is 45.0 Å². The van der Waals surface area contributed by atoms with Crippen LogP contribution in [0.25, 0.3) is 17.4 Å². The van der Waals surface area contributed by atoms with E-state index in [-0.39, 0.29) is 17.9 Å². The maximum atomic E-state index is 14.0. The first-order valence-corrected chi connectivity index (χ1v) is 14.6. The largest absolute Gasteiger partial charge is 0.493 e. The number of aromatic nitrogens is 1. The van der Waals surface area contributed by atoms with E-state index in [4.69, 9.17) is 18.6 Å². The fourth-order valence-electron chi connectivity index (χ4n) is 4.84. The number of aryl methyl sites for hydroxylation is 1. The fraction of sp³-hybridized carbons (Fsp3) is 0.233. The zero-order valence-corrected chi connectivity index (χ0v) is 26.2. The van der Waals surface area contributed by atoms with Crippen LogP contribution in [0.15, 0.2) is 72.4 Å². The van der Waals surface area contributed by atoms with Gasteiger partial charge in [-0.05, 0) is 50.6 Å². The molecular weight excluding hydrogens is 642 g/mol. The highest BCUT2D eigenvalue weighted by molar-refractivity contribution is 9.10. The van der Waals surface area contributed by atoms with Gasteiger partial charge in [0.25, 0.3) is 11.2 Å². The summed E-state index contributed by atoms with van der Waals surface area (Å²) in [6.07, 6.45) is 1.58. The predicted octanol–water partition coefficient (Wildman–Crippen LogP) is 5.05. The fourth-order valence-corrected chi connectivity index (χ4v) is 6.41. The van der Waals surface area contributed by atoms with Gasteiger partial charge in [0.05, 0.1) is 47.6 Å². The average molecular weight is 669 g/mol. The summed E-state index contributed by atoms with van der Waals surface area (Å²) in [7, 11) is 3.02. The highest BCUT2D eigenvalue weighted by Crippen LogP contribution is 2.41. The molecule has 0 spiro atoms. The molecule has 3 heterocycles. The van der Waals surface area contributed by atoms with Gasteiger partial charge in [0.1, 0.15) is 11.5 Å². The van der Waals surface area contributed by atoms with Gasteiger partial charge in [-0.15, -0.1) is 0 Å². The third-order valence-corrected chi connectivity index (χ3v) is 8.57. The number of esters is 1. The van der Waals surface area contributed by atoms with Crippen molar-refractivity contribution in [3.05, 3.63) is 105 Å². The zero-order valence-electron chi connectivity index (χ0n) is 23.8. The van der Waals surface area contributed by atoms with Crippen LogP contribution in [-0.2, 0) is 9.53 Å². The summed E-state index contributed by atoms with van der Waals surface area (Å²) in [5.41, 5.74) is 1.87. The second-order valence-corrected chi connectivity index (χ2v) is 11.4. The molecule has 1 aliphatic heterocycles. The first-order valence-electron chi connectivity index (χ1n) is 13.0. The summed E-state index contributed by atoms with van der Waals surface area (Å²) >= 11 is 4.73. The molecule has 222 valence electrons.